The summed E-state index contributed by atoms with van der Waals surface area (Å²) in [6.45, 7) is 3.29. The zero-order chi connectivity index (χ0) is 18.8. The molecular formula is C21H26N2O4. The Balaban J connectivity index is 1.47. The number of carbonyl (C=O) groups is 2. The van der Waals surface area contributed by atoms with Crippen LogP contribution in [0.2, 0.25) is 0 Å². The first-order chi connectivity index (χ1) is 13.2. The third-order valence-electron chi connectivity index (χ3n) is 5.73. The van der Waals surface area contributed by atoms with Crippen LogP contribution in [0.3, 0.4) is 0 Å². The van der Waals surface area contributed by atoms with Gasteiger partial charge in [0, 0.05) is 50.2 Å². The summed E-state index contributed by atoms with van der Waals surface area (Å²) in [5.74, 6) is 0.567. The molecule has 3 heterocycles. The highest BCUT2D eigenvalue weighted by atomic mass is 16.5. The molecule has 4 rings (SSSR count). The normalized spacial score (nSPS) is 18.4. The lowest BCUT2D eigenvalue weighted by Crippen LogP contribution is -2.43. The van der Waals surface area contributed by atoms with Gasteiger partial charge in [0.05, 0.1) is 6.61 Å². The summed E-state index contributed by atoms with van der Waals surface area (Å²) in [7, 11) is 1.62. The van der Waals surface area contributed by atoms with Crippen LogP contribution in [0.15, 0.2) is 28.7 Å². The average molecular weight is 370 g/mol. The van der Waals surface area contributed by atoms with E-state index in [-0.39, 0.29) is 17.7 Å². The minimum Gasteiger partial charge on any atom is -0.451 e. The van der Waals surface area contributed by atoms with E-state index in [1.54, 1.807) is 7.11 Å². The molecule has 0 radical (unpaired) electrons. The van der Waals surface area contributed by atoms with Crippen molar-refractivity contribution in [3.8, 4) is 0 Å². The molecule has 2 fully saturated rings. The molecule has 6 nitrogen and oxygen atoms in total. The number of hydrogen-bond donors (Lipinski definition) is 0. The molecular weight excluding hydrogens is 344 g/mol. The van der Waals surface area contributed by atoms with Gasteiger partial charge < -0.3 is 19.0 Å². The van der Waals surface area contributed by atoms with Crippen molar-refractivity contribution < 1.29 is 18.7 Å². The van der Waals surface area contributed by atoms with E-state index in [0.717, 1.165) is 49.7 Å². The number of fused-ring (bicyclic) bond motifs is 1. The second kappa shape index (κ2) is 7.72. The lowest BCUT2D eigenvalue weighted by atomic mass is 9.95. The van der Waals surface area contributed by atoms with Crippen molar-refractivity contribution in [3.05, 3.63) is 35.6 Å². The molecule has 2 saturated heterocycles. The summed E-state index contributed by atoms with van der Waals surface area (Å²) >= 11 is 0. The molecule has 2 aliphatic heterocycles. The van der Waals surface area contributed by atoms with Gasteiger partial charge in [-0.1, -0.05) is 18.2 Å². The predicted octanol–water partition coefficient (Wildman–Crippen LogP) is 3.05. The molecule has 1 aromatic heterocycles. The van der Waals surface area contributed by atoms with E-state index >= 15 is 0 Å². The molecule has 2 amide bonds. The zero-order valence-electron chi connectivity index (χ0n) is 15.8. The number of likely N-dealkylation sites (tertiary alicyclic amines) is 2. The van der Waals surface area contributed by atoms with Crippen molar-refractivity contribution in [3.63, 3.8) is 0 Å². The summed E-state index contributed by atoms with van der Waals surface area (Å²) in [4.78, 5) is 29.5. The molecule has 0 bridgehead atoms. The van der Waals surface area contributed by atoms with Crippen LogP contribution in [0, 0.1) is 5.92 Å². The Bertz CT molecular complexity index is 830. The molecule has 0 spiro atoms. The highest BCUT2D eigenvalue weighted by Crippen LogP contribution is 2.29. The van der Waals surface area contributed by atoms with Gasteiger partial charge in [-0.05, 0) is 31.7 Å². The number of rotatable bonds is 4. The van der Waals surface area contributed by atoms with Crippen molar-refractivity contribution in [1.29, 1.82) is 0 Å². The van der Waals surface area contributed by atoms with Crippen LogP contribution >= 0.6 is 0 Å². The first kappa shape index (κ1) is 18.0. The Labute approximate surface area is 159 Å². The smallest absolute Gasteiger partial charge is 0.289 e. The molecule has 0 aliphatic carbocycles. The Kier molecular flexibility index (Phi) is 5.16. The van der Waals surface area contributed by atoms with Gasteiger partial charge in [0.15, 0.2) is 5.76 Å². The topological polar surface area (TPSA) is 63.0 Å². The van der Waals surface area contributed by atoms with E-state index in [9.17, 15) is 9.59 Å². The van der Waals surface area contributed by atoms with Gasteiger partial charge in [0.25, 0.3) is 5.91 Å². The van der Waals surface area contributed by atoms with Gasteiger partial charge in [0.2, 0.25) is 5.91 Å². The lowest BCUT2D eigenvalue weighted by molar-refractivity contribution is -0.135. The second-order valence-corrected chi connectivity index (χ2v) is 7.44. The lowest BCUT2D eigenvalue weighted by Gasteiger charge is -2.32. The maximum absolute atomic E-state index is 13.1. The first-order valence-corrected chi connectivity index (χ1v) is 9.76. The van der Waals surface area contributed by atoms with Gasteiger partial charge in [0.1, 0.15) is 5.58 Å². The molecule has 0 unspecified atom stereocenters. The van der Waals surface area contributed by atoms with E-state index in [0.29, 0.717) is 31.0 Å². The number of hydrogen-bond acceptors (Lipinski definition) is 4. The standard InChI is InChI=1S/C21H26N2O4/c1-26-14-17-16-6-2-3-7-18(16)27-19(17)21(25)23-12-8-15(9-13-23)20(24)22-10-4-5-11-22/h2-3,6-7,15H,4-5,8-14H2,1H3. The number of carbonyl (C=O) groups excluding carboxylic acids is 2. The summed E-state index contributed by atoms with van der Waals surface area (Å²) in [5, 5.41) is 0.918. The maximum atomic E-state index is 13.1. The van der Waals surface area contributed by atoms with Crippen molar-refractivity contribution in [2.45, 2.75) is 32.3 Å². The largest absolute Gasteiger partial charge is 0.451 e. The number of methoxy groups -OCH3 is 1. The van der Waals surface area contributed by atoms with Crippen LogP contribution in [0.25, 0.3) is 11.0 Å². The van der Waals surface area contributed by atoms with Crippen LogP contribution in [-0.2, 0) is 16.1 Å². The fraction of sp³-hybridized carbons (Fsp3) is 0.524. The van der Waals surface area contributed by atoms with Crippen molar-refractivity contribution in [2.24, 2.45) is 5.92 Å². The monoisotopic (exact) mass is 370 g/mol. The Morgan fingerprint density at radius 3 is 2.48 bits per heavy atom. The SMILES string of the molecule is COCc1c(C(=O)N2CCC(C(=O)N3CCCC3)CC2)oc2ccccc12. The van der Waals surface area contributed by atoms with Gasteiger partial charge in [-0.25, -0.2) is 0 Å². The number of ether oxygens (including phenoxy) is 1. The fourth-order valence-corrected chi connectivity index (χ4v) is 4.23. The van der Waals surface area contributed by atoms with Crippen molar-refractivity contribution in [1.82, 2.24) is 9.80 Å². The highest BCUT2D eigenvalue weighted by molar-refractivity contribution is 5.99. The minimum absolute atomic E-state index is 0.0428. The summed E-state index contributed by atoms with van der Waals surface area (Å²) in [5.41, 5.74) is 1.50. The number of furan rings is 1. The van der Waals surface area contributed by atoms with Crippen LogP contribution in [0.4, 0.5) is 0 Å². The molecule has 0 saturated carbocycles. The Morgan fingerprint density at radius 1 is 1.07 bits per heavy atom. The predicted molar refractivity (Wildman–Crippen MR) is 101 cm³/mol. The number of benzene rings is 1. The zero-order valence-corrected chi connectivity index (χ0v) is 15.8. The molecule has 27 heavy (non-hydrogen) atoms. The molecule has 0 N–H and O–H groups in total. The molecule has 2 aromatic rings. The molecule has 144 valence electrons. The molecule has 0 atom stereocenters. The van der Waals surface area contributed by atoms with E-state index in [4.69, 9.17) is 9.15 Å². The molecule has 6 heteroatoms. The number of nitrogens with zero attached hydrogens (tertiary/aromatic N) is 2. The summed E-state index contributed by atoms with van der Waals surface area (Å²) in [6, 6.07) is 7.64. The highest BCUT2D eigenvalue weighted by Gasteiger charge is 2.33. The fourth-order valence-electron chi connectivity index (χ4n) is 4.23. The summed E-state index contributed by atoms with van der Waals surface area (Å²) < 4.78 is 11.2. The van der Waals surface area contributed by atoms with E-state index < -0.39 is 0 Å². The van der Waals surface area contributed by atoms with Gasteiger partial charge in [-0.3, -0.25) is 9.59 Å². The van der Waals surface area contributed by atoms with E-state index in [2.05, 4.69) is 0 Å². The van der Waals surface area contributed by atoms with Crippen LogP contribution in [0.1, 0.15) is 41.8 Å². The van der Waals surface area contributed by atoms with Crippen LogP contribution in [0.5, 0.6) is 0 Å². The Morgan fingerprint density at radius 2 is 1.78 bits per heavy atom. The second-order valence-electron chi connectivity index (χ2n) is 7.44. The number of para-hydroxylation sites is 1. The number of amides is 2. The van der Waals surface area contributed by atoms with E-state index in [1.165, 1.54) is 0 Å². The summed E-state index contributed by atoms with van der Waals surface area (Å²) in [6.07, 6.45) is 3.66. The van der Waals surface area contributed by atoms with Gasteiger partial charge in [-0.15, -0.1) is 0 Å². The molecule has 1 aromatic carbocycles. The van der Waals surface area contributed by atoms with Gasteiger partial charge in [-0.2, -0.15) is 0 Å². The number of piperidine rings is 1. The van der Waals surface area contributed by atoms with E-state index in [1.807, 2.05) is 34.1 Å². The van der Waals surface area contributed by atoms with Crippen molar-refractivity contribution >= 4 is 22.8 Å². The minimum atomic E-state index is -0.106. The molecule has 2 aliphatic rings. The van der Waals surface area contributed by atoms with Gasteiger partial charge >= 0.3 is 0 Å². The third-order valence-corrected chi connectivity index (χ3v) is 5.73. The average Bonchev–Trinajstić information content (AvgIpc) is 3.36. The van der Waals surface area contributed by atoms with Crippen LogP contribution in [-0.4, -0.2) is 54.9 Å². The quantitative estimate of drug-likeness (QED) is 0.830. The Hall–Kier alpha value is -2.34. The van der Waals surface area contributed by atoms with Crippen LogP contribution < -0.4 is 0 Å². The third kappa shape index (κ3) is 3.46. The van der Waals surface area contributed by atoms with Crippen molar-refractivity contribution in [2.75, 3.05) is 33.3 Å². The first-order valence-electron chi connectivity index (χ1n) is 9.76. The maximum Gasteiger partial charge on any atom is 0.289 e.